The van der Waals surface area contributed by atoms with Crippen molar-refractivity contribution in [3.05, 3.63) is 65.7 Å². The average Bonchev–Trinajstić information content (AvgIpc) is 2.31. The molecule has 0 heterocycles. The van der Waals surface area contributed by atoms with Crippen molar-refractivity contribution in [1.29, 1.82) is 0 Å². The van der Waals surface area contributed by atoms with Crippen LogP contribution in [0.25, 0.3) is 0 Å². The van der Waals surface area contributed by atoms with E-state index in [1.165, 1.54) is 11.1 Å². The number of rotatable bonds is 1. The van der Waals surface area contributed by atoms with Crippen LogP contribution >= 0.6 is 0 Å². The van der Waals surface area contributed by atoms with E-state index < -0.39 is 0 Å². The molecule has 0 aromatic heterocycles. The smallest absolute Gasteiger partial charge is 0.119 e. The van der Waals surface area contributed by atoms with E-state index in [0.29, 0.717) is 0 Å². The van der Waals surface area contributed by atoms with Gasteiger partial charge in [0.05, 0.1) is 7.11 Å². The molecule has 0 aliphatic heterocycles. The lowest BCUT2D eigenvalue weighted by Crippen LogP contribution is -1.81. The maximum atomic E-state index is 5.00. The molecule has 2 aromatic carbocycles. The Morgan fingerprint density at radius 3 is 1.71 bits per heavy atom. The molecule has 0 aliphatic carbocycles. The number of aryl methyl sites for hydroxylation is 2. The molecule has 92 valence electrons. The first-order valence-corrected chi connectivity index (χ1v) is 5.34. The van der Waals surface area contributed by atoms with E-state index >= 15 is 0 Å². The van der Waals surface area contributed by atoms with Crippen LogP contribution in [-0.2, 0) is 0 Å². The van der Waals surface area contributed by atoms with Crippen LogP contribution in [0.2, 0.25) is 0 Å². The molecule has 2 rings (SSSR count). The van der Waals surface area contributed by atoms with E-state index in [-0.39, 0.29) is 7.43 Å². The van der Waals surface area contributed by atoms with E-state index in [4.69, 9.17) is 4.74 Å². The molecule has 0 aliphatic rings. The van der Waals surface area contributed by atoms with Gasteiger partial charge in [0.25, 0.3) is 0 Å². The number of methoxy groups -OCH3 is 1. The number of hydrogen-bond acceptors (Lipinski definition) is 1. The third-order valence-corrected chi connectivity index (χ3v) is 2.17. The molecule has 0 N–H and O–H groups in total. The maximum absolute atomic E-state index is 5.00. The van der Waals surface area contributed by atoms with Crippen molar-refractivity contribution in [1.82, 2.24) is 0 Å². The first-order valence-electron chi connectivity index (χ1n) is 5.34. The van der Waals surface area contributed by atoms with Gasteiger partial charge in [-0.15, -0.1) is 0 Å². The van der Waals surface area contributed by atoms with Gasteiger partial charge in [-0.05, 0) is 31.5 Å². The van der Waals surface area contributed by atoms with Gasteiger partial charge in [0.2, 0.25) is 0 Å². The standard InChI is InChI=1S/C8H10O.C7H8.CH4/c1-7-4-3-5-8(6-7)9-2;1-7-5-3-2-4-6-7;/h3-6H,1-2H3;2-6H,1H3;1H4. The molecule has 1 nitrogen and oxygen atoms in total. The van der Waals surface area contributed by atoms with Crippen molar-refractivity contribution in [2.45, 2.75) is 21.3 Å². The molecule has 0 amide bonds. The van der Waals surface area contributed by atoms with E-state index in [0.717, 1.165) is 5.75 Å². The molecule has 1 heteroatoms. The highest BCUT2D eigenvalue weighted by Gasteiger charge is 1.86. The molecule has 2 aromatic rings. The second kappa shape index (κ2) is 8.40. The molecule has 0 atom stereocenters. The SMILES string of the molecule is C.COc1cccc(C)c1.Cc1ccccc1. The summed E-state index contributed by atoms with van der Waals surface area (Å²) in [7, 11) is 1.68. The molecule has 0 fully saturated rings. The Bertz CT molecular complexity index is 407. The largest absolute Gasteiger partial charge is 0.497 e. The van der Waals surface area contributed by atoms with Gasteiger partial charge in [-0.25, -0.2) is 0 Å². The van der Waals surface area contributed by atoms with Crippen LogP contribution in [0.15, 0.2) is 54.6 Å². The van der Waals surface area contributed by atoms with Crippen LogP contribution in [0.4, 0.5) is 0 Å². The minimum Gasteiger partial charge on any atom is -0.497 e. The summed E-state index contributed by atoms with van der Waals surface area (Å²) in [5, 5.41) is 0. The fourth-order valence-electron chi connectivity index (χ4n) is 1.28. The molecular formula is C16H22O. The molecule has 0 saturated heterocycles. The first kappa shape index (κ1) is 15.2. The monoisotopic (exact) mass is 230 g/mol. The number of benzene rings is 2. The van der Waals surface area contributed by atoms with Gasteiger partial charge >= 0.3 is 0 Å². The van der Waals surface area contributed by atoms with Crippen molar-refractivity contribution in [3.63, 3.8) is 0 Å². The summed E-state index contributed by atoms with van der Waals surface area (Å²) in [5.41, 5.74) is 2.55. The Labute approximate surface area is 105 Å². The predicted octanol–water partition coefficient (Wildman–Crippen LogP) is 4.63. The Hall–Kier alpha value is -1.76. The average molecular weight is 230 g/mol. The van der Waals surface area contributed by atoms with Gasteiger partial charge in [0.1, 0.15) is 5.75 Å². The summed E-state index contributed by atoms with van der Waals surface area (Å²) in [4.78, 5) is 0. The second-order valence-corrected chi connectivity index (χ2v) is 3.68. The van der Waals surface area contributed by atoms with Crippen molar-refractivity contribution >= 4 is 0 Å². The summed E-state index contributed by atoms with van der Waals surface area (Å²) >= 11 is 0. The Kier molecular flexibility index (Phi) is 7.53. The molecule has 17 heavy (non-hydrogen) atoms. The van der Waals surface area contributed by atoms with Crippen molar-refractivity contribution in [2.24, 2.45) is 0 Å². The third kappa shape index (κ3) is 6.41. The minimum absolute atomic E-state index is 0. The Morgan fingerprint density at radius 1 is 0.765 bits per heavy atom. The van der Waals surface area contributed by atoms with Crippen LogP contribution in [0, 0.1) is 13.8 Å². The third-order valence-electron chi connectivity index (χ3n) is 2.17. The zero-order valence-corrected chi connectivity index (χ0v) is 10.1. The summed E-state index contributed by atoms with van der Waals surface area (Å²) in [6.07, 6.45) is 0. The number of hydrogen-bond donors (Lipinski definition) is 0. The fraction of sp³-hybridized carbons (Fsp3) is 0.250. The van der Waals surface area contributed by atoms with Crippen molar-refractivity contribution in [2.75, 3.05) is 7.11 Å². The van der Waals surface area contributed by atoms with Crippen LogP contribution in [0.5, 0.6) is 5.75 Å². The molecule has 0 radical (unpaired) electrons. The van der Waals surface area contributed by atoms with Crippen molar-refractivity contribution in [3.8, 4) is 5.75 Å². The van der Waals surface area contributed by atoms with Crippen LogP contribution < -0.4 is 4.74 Å². The summed E-state index contributed by atoms with van der Waals surface area (Å²) < 4.78 is 5.00. The summed E-state index contributed by atoms with van der Waals surface area (Å²) in [6, 6.07) is 18.2. The van der Waals surface area contributed by atoms with Crippen molar-refractivity contribution < 1.29 is 4.74 Å². The summed E-state index contributed by atoms with van der Waals surface area (Å²) in [5.74, 6) is 0.926. The molecular weight excluding hydrogens is 208 g/mol. The Morgan fingerprint density at radius 2 is 1.35 bits per heavy atom. The van der Waals surface area contributed by atoms with Crippen LogP contribution in [-0.4, -0.2) is 7.11 Å². The Balaban J connectivity index is 0.000000292. The quantitative estimate of drug-likeness (QED) is 0.693. The van der Waals surface area contributed by atoms with E-state index in [9.17, 15) is 0 Å². The molecule has 0 unspecified atom stereocenters. The van der Waals surface area contributed by atoms with Gasteiger partial charge in [-0.2, -0.15) is 0 Å². The predicted molar refractivity (Wildman–Crippen MR) is 75.6 cm³/mol. The highest BCUT2D eigenvalue weighted by Crippen LogP contribution is 2.10. The van der Waals surface area contributed by atoms with Gasteiger partial charge < -0.3 is 4.74 Å². The molecule has 0 saturated carbocycles. The zero-order valence-electron chi connectivity index (χ0n) is 10.1. The minimum atomic E-state index is 0. The fourth-order valence-corrected chi connectivity index (χ4v) is 1.28. The maximum Gasteiger partial charge on any atom is 0.119 e. The van der Waals surface area contributed by atoms with Gasteiger partial charge in [-0.1, -0.05) is 55.5 Å². The lowest BCUT2D eigenvalue weighted by molar-refractivity contribution is 0.414. The van der Waals surface area contributed by atoms with E-state index in [1.54, 1.807) is 7.11 Å². The summed E-state index contributed by atoms with van der Waals surface area (Å²) in [6.45, 7) is 4.13. The highest BCUT2D eigenvalue weighted by molar-refractivity contribution is 5.27. The van der Waals surface area contributed by atoms with E-state index in [2.05, 4.69) is 19.1 Å². The van der Waals surface area contributed by atoms with Crippen LogP contribution in [0.1, 0.15) is 18.6 Å². The second-order valence-electron chi connectivity index (χ2n) is 3.68. The molecule has 0 bridgehead atoms. The van der Waals surface area contributed by atoms with Gasteiger partial charge in [0, 0.05) is 0 Å². The highest BCUT2D eigenvalue weighted by atomic mass is 16.5. The number of ether oxygens (including phenoxy) is 1. The lowest BCUT2D eigenvalue weighted by Gasteiger charge is -1.97. The topological polar surface area (TPSA) is 9.23 Å². The zero-order chi connectivity index (χ0) is 11.8. The first-order chi connectivity index (χ1) is 7.72. The van der Waals surface area contributed by atoms with Gasteiger partial charge in [0.15, 0.2) is 0 Å². The molecule has 0 spiro atoms. The lowest BCUT2D eigenvalue weighted by atomic mass is 10.2. The van der Waals surface area contributed by atoms with E-state index in [1.807, 2.05) is 49.4 Å². The van der Waals surface area contributed by atoms with Crippen LogP contribution in [0.3, 0.4) is 0 Å². The van der Waals surface area contributed by atoms with Gasteiger partial charge in [-0.3, -0.25) is 0 Å². The normalized spacial score (nSPS) is 8.41.